The Balaban J connectivity index is 0.00000261. The van der Waals surface area contributed by atoms with Crippen LogP contribution in [0.5, 0.6) is 0 Å². The Labute approximate surface area is 177 Å². The highest BCUT2D eigenvalue weighted by Crippen LogP contribution is 2.14. The lowest BCUT2D eigenvalue weighted by molar-refractivity contribution is 0.596. The molecular formula is C19H28FIN6. The summed E-state index contributed by atoms with van der Waals surface area (Å²) < 4.78 is 15.9. The molecule has 0 amide bonds. The molecule has 3 rings (SSSR count). The Hall–Kier alpha value is -1.71. The Morgan fingerprint density at radius 1 is 1.22 bits per heavy atom. The summed E-state index contributed by atoms with van der Waals surface area (Å²) in [7, 11) is 0. The zero-order valence-electron chi connectivity index (χ0n) is 16.0. The summed E-state index contributed by atoms with van der Waals surface area (Å²) in [5.74, 6) is 2.52. The molecule has 2 heterocycles. The molecule has 0 unspecified atom stereocenters. The molecule has 8 heteroatoms. The Kier molecular flexibility index (Phi) is 8.46. The molecule has 0 bridgehead atoms. The lowest BCUT2D eigenvalue weighted by atomic mass is 10.1. The summed E-state index contributed by atoms with van der Waals surface area (Å²) >= 11 is 0. The Morgan fingerprint density at radius 3 is 2.85 bits per heavy atom. The monoisotopic (exact) mass is 486 g/mol. The first-order chi connectivity index (χ1) is 12.7. The van der Waals surface area contributed by atoms with Gasteiger partial charge in [-0.3, -0.25) is 0 Å². The fraction of sp³-hybridized carbons (Fsp3) is 0.526. The number of nitrogens with zero attached hydrogens (tertiary/aromatic N) is 4. The fourth-order valence-corrected chi connectivity index (χ4v) is 3.09. The van der Waals surface area contributed by atoms with Crippen molar-refractivity contribution < 1.29 is 4.39 Å². The van der Waals surface area contributed by atoms with Gasteiger partial charge in [0.05, 0.1) is 13.1 Å². The van der Waals surface area contributed by atoms with Gasteiger partial charge in [0, 0.05) is 19.5 Å². The summed E-state index contributed by atoms with van der Waals surface area (Å²) in [5.41, 5.74) is 1.50. The maximum atomic E-state index is 13.7. The van der Waals surface area contributed by atoms with E-state index in [1.165, 1.54) is 19.3 Å². The molecule has 0 saturated carbocycles. The van der Waals surface area contributed by atoms with Crippen LogP contribution in [0, 0.1) is 12.7 Å². The van der Waals surface area contributed by atoms with Crippen LogP contribution in [-0.2, 0) is 26.1 Å². The van der Waals surface area contributed by atoms with Crippen LogP contribution in [0.25, 0.3) is 0 Å². The number of aryl methyl sites for hydroxylation is 2. The van der Waals surface area contributed by atoms with Crippen molar-refractivity contribution >= 4 is 29.9 Å². The maximum absolute atomic E-state index is 13.7. The quantitative estimate of drug-likeness (QED) is 0.387. The van der Waals surface area contributed by atoms with E-state index in [0.29, 0.717) is 24.6 Å². The number of rotatable bonds is 5. The van der Waals surface area contributed by atoms with Crippen molar-refractivity contribution in [3.63, 3.8) is 0 Å². The van der Waals surface area contributed by atoms with Crippen molar-refractivity contribution in [3.05, 3.63) is 46.8 Å². The molecule has 0 spiro atoms. The number of fused-ring (bicyclic) bond motifs is 1. The van der Waals surface area contributed by atoms with Gasteiger partial charge in [-0.2, -0.15) is 0 Å². The number of nitrogens with one attached hydrogen (secondary N) is 2. The first kappa shape index (κ1) is 21.6. The van der Waals surface area contributed by atoms with Crippen LogP contribution in [0.4, 0.5) is 4.39 Å². The van der Waals surface area contributed by atoms with Crippen LogP contribution in [0.1, 0.15) is 49.0 Å². The summed E-state index contributed by atoms with van der Waals surface area (Å²) in [6.45, 7) is 6.51. The SMILES string of the molecule is CCNC(=NCc1ccc(C)c(F)c1)NCc1nnc2n1CCCCC2.I. The van der Waals surface area contributed by atoms with E-state index in [1.807, 2.05) is 13.0 Å². The van der Waals surface area contributed by atoms with Gasteiger partial charge in [-0.1, -0.05) is 18.6 Å². The summed E-state index contributed by atoms with van der Waals surface area (Å²) in [5, 5.41) is 15.2. The Morgan fingerprint density at radius 2 is 2.07 bits per heavy atom. The molecule has 0 radical (unpaired) electrons. The predicted octanol–water partition coefficient (Wildman–Crippen LogP) is 3.33. The summed E-state index contributed by atoms with van der Waals surface area (Å²) in [6, 6.07) is 5.23. The largest absolute Gasteiger partial charge is 0.357 e. The molecule has 6 nitrogen and oxygen atoms in total. The normalized spacial score (nSPS) is 14.1. The molecule has 1 aromatic carbocycles. The highest BCUT2D eigenvalue weighted by Gasteiger charge is 2.14. The second-order valence-electron chi connectivity index (χ2n) is 6.63. The molecule has 0 fully saturated rings. The smallest absolute Gasteiger partial charge is 0.191 e. The van der Waals surface area contributed by atoms with Gasteiger partial charge in [-0.05, 0) is 43.9 Å². The zero-order valence-corrected chi connectivity index (χ0v) is 18.3. The topological polar surface area (TPSA) is 67.1 Å². The number of benzene rings is 1. The van der Waals surface area contributed by atoms with Crippen molar-refractivity contribution in [2.24, 2.45) is 4.99 Å². The van der Waals surface area contributed by atoms with Gasteiger partial charge in [0.1, 0.15) is 11.6 Å². The fourth-order valence-electron chi connectivity index (χ4n) is 3.09. The van der Waals surface area contributed by atoms with Crippen LogP contribution in [0.15, 0.2) is 23.2 Å². The highest BCUT2D eigenvalue weighted by molar-refractivity contribution is 14.0. The van der Waals surface area contributed by atoms with Crippen LogP contribution < -0.4 is 10.6 Å². The number of aromatic nitrogens is 3. The van der Waals surface area contributed by atoms with Crippen molar-refractivity contribution in [2.45, 2.75) is 59.2 Å². The summed E-state index contributed by atoms with van der Waals surface area (Å²) in [6.07, 6.45) is 4.60. The van der Waals surface area contributed by atoms with E-state index >= 15 is 0 Å². The third-order valence-corrected chi connectivity index (χ3v) is 4.60. The molecule has 0 atom stereocenters. The van der Waals surface area contributed by atoms with E-state index in [4.69, 9.17) is 0 Å². The van der Waals surface area contributed by atoms with E-state index in [0.717, 1.165) is 36.7 Å². The third kappa shape index (κ3) is 5.88. The molecule has 1 aliphatic rings. The lowest BCUT2D eigenvalue weighted by Gasteiger charge is -2.12. The third-order valence-electron chi connectivity index (χ3n) is 4.60. The van der Waals surface area contributed by atoms with Crippen molar-refractivity contribution in [2.75, 3.05) is 6.54 Å². The van der Waals surface area contributed by atoms with Crippen LogP contribution in [0.2, 0.25) is 0 Å². The van der Waals surface area contributed by atoms with E-state index in [1.54, 1.807) is 19.1 Å². The van der Waals surface area contributed by atoms with Crippen molar-refractivity contribution in [3.8, 4) is 0 Å². The minimum Gasteiger partial charge on any atom is -0.357 e. The van der Waals surface area contributed by atoms with Gasteiger partial charge in [0.25, 0.3) is 0 Å². The first-order valence-corrected chi connectivity index (χ1v) is 9.35. The molecule has 0 aliphatic carbocycles. The van der Waals surface area contributed by atoms with Crippen LogP contribution in [-0.4, -0.2) is 27.3 Å². The van der Waals surface area contributed by atoms with E-state index in [-0.39, 0.29) is 29.8 Å². The van der Waals surface area contributed by atoms with Crippen molar-refractivity contribution in [1.29, 1.82) is 0 Å². The van der Waals surface area contributed by atoms with E-state index < -0.39 is 0 Å². The van der Waals surface area contributed by atoms with Gasteiger partial charge >= 0.3 is 0 Å². The lowest BCUT2D eigenvalue weighted by Crippen LogP contribution is -2.37. The predicted molar refractivity (Wildman–Crippen MR) is 116 cm³/mol. The molecule has 148 valence electrons. The second kappa shape index (κ2) is 10.6. The number of halogens is 2. The van der Waals surface area contributed by atoms with Crippen LogP contribution >= 0.6 is 24.0 Å². The molecule has 1 aromatic heterocycles. The molecule has 2 N–H and O–H groups in total. The van der Waals surface area contributed by atoms with Gasteiger partial charge in [0.2, 0.25) is 0 Å². The zero-order chi connectivity index (χ0) is 18.4. The van der Waals surface area contributed by atoms with Crippen molar-refractivity contribution in [1.82, 2.24) is 25.4 Å². The van der Waals surface area contributed by atoms with E-state index in [2.05, 4.69) is 30.4 Å². The first-order valence-electron chi connectivity index (χ1n) is 9.35. The van der Waals surface area contributed by atoms with Crippen LogP contribution in [0.3, 0.4) is 0 Å². The van der Waals surface area contributed by atoms with Gasteiger partial charge in [-0.15, -0.1) is 34.2 Å². The molecule has 1 aliphatic heterocycles. The minimum atomic E-state index is -0.193. The average molecular weight is 486 g/mol. The van der Waals surface area contributed by atoms with E-state index in [9.17, 15) is 4.39 Å². The molecule has 0 saturated heterocycles. The highest BCUT2D eigenvalue weighted by atomic mass is 127. The number of hydrogen-bond acceptors (Lipinski definition) is 3. The Bertz CT molecular complexity index is 774. The maximum Gasteiger partial charge on any atom is 0.191 e. The molecule has 2 aromatic rings. The minimum absolute atomic E-state index is 0. The number of guanidine groups is 1. The van der Waals surface area contributed by atoms with Gasteiger partial charge in [-0.25, -0.2) is 9.38 Å². The second-order valence-corrected chi connectivity index (χ2v) is 6.63. The standard InChI is InChI=1S/C19H27FN6.HI/c1-3-21-19(22-12-15-9-8-14(2)16(20)11-15)23-13-18-25-24-17-7-5-4-6-10-26(17)18;/h8-9,11H,3-7,10,12-13H2,1-2H3,(H2,21,22,23);1H. The summed E-state index contributed by atoms with van der Waals surface area (Å²) in [4.78, 5) is 4.55. The number of hydrogen-bond donors (Lipinski definition) is 2. The number of aliphatic imine (C=N–C) groups is 1. The van der Waals surface area contributed by atoms with Gasteiger partial charge in [0.15, 0.2) is 11.8 Å². The molecular weight excluding hydrogens is 458 g/mol. The molecule has 27 heavy (non-hydrogen) atoms. The average Bonchev–Trinajstić information content (AvgIpc) is 2.86. The van der Waals surface area contributed by atoms with Gasteiger partial charge < -0.3 is 15.2 Å².